The van der Waals surface area contributed by atoms with E-state index in [0.29, 0.717) is 30.6 Å². The van der Waals surface area contributed by atoms with Gasteiger partial charge in [-0.1, -0.05) is 48.5 Å². The second-order valence-electron chi connectivity index (χ2n) is 5.53. The molecule has 0 aliphatic carbocycles. The fourth-order valence-electron chi connectivity index (χ4n) is 2.30. The molecule has 3 N–H and O–H groups in total. The highest BCUT2D eigenvalue weighted by molar-refractivity contribution is 7.80. The Hall–Kier alpha value is -2.99. The van der Waals surface area contributed by atoms with Crippen LogP contribution in [0.2, 0.25) is 0 Å². The minimum absolute atomic E-state index is 0.159. The molecule has 0 saturated heterocycles. The first kappa shape index (κ1) is 19.3. The van der Waals surface area contributed by atoms with Gasteiger partial charge in [0.25, 0.3) is 5.91 Å². The average Bonchev–Trinajstić information content (AvgIpc) is 2.65. The van der Waals surface area contributed by atoms with E-state index >= 15 is 0 Å². The van der Waals surface area contributed by atoms with Gasteiger partial charge >= 0.3 is 0 Å². The van der Waals surface area contributed by atoms with Gasteiger partial charge in [0.1, 0.15) is 0 Å². The third kappa shape index (κ3) is 6.14. The largest absolute Gasteiger partial charge is 0.349 e. The van der Waals surface area contributed by atoms with Crippen LogP contribution < -0.4 is 16.0 Å². The van der Waals surface area contributed by atoms with Gasteiger partial charge in [-0.3, -0.25) is 9.59 Å². The van der Waals surface area contributed by atoms with Gasteiger partial charge in [0.2, 0.25) is 5.91 Å². The van der Waals surface area contributed by atoms with E-state index in [-0.39, 0.29) is 16.9 Å². The van der Waals surface area contributed by atoms with Crippen molar-refractivity contribution in [1.82, 2.24) is 10.6 Å². The number of anilines is 1. The predicted molar refractivity (Wildman–Crippen MR) is 108 cm³/mol. The molecule has 0 radical (unpaired) electrons. The maximum absolute atomic E-state index is 12.2. The maximum Gasteiger partial charge on any atom is 0.253 e. The lowest BCUT2D eigenvalue weighted by atomic mass is 10.1. The molecule has 2 amide bonds. The Labute approximate surface area is 158 Å². The van der Waals surface area contributed by atoms with Gasteiger partial charge in [-0.2, -0.15) is 0 Å². The molecular weight excluding hydrogens is 346 g/mol. The van der Waals surface area contributed by atoms with Crippen molar-refractivity contribution in [2.45, 2.75) is 12.8 Å². The minimum atomic E-state index is -0.244. The molecule has 0 unspecified atom stereocenters. The van der Waals surface area contributed by atoms with E-state index in [2.05, 4.69) is 22.5 Å². The number of carbonyl (C=O) groups excluding carboxylic acids is 2. The number of rotatable bonds is 7. The van der Waals surface area contributed by atoms with Crippen LogP contribution in [0.1, 0.15) is 22.3 Å². The molecule has 0 atom stereocenters. The molecule has 0 aliphatic rings. The van der Waals surface area contributed by atoms with E-state index in [1.807, 2.05) is 30.3 Å². The van der Waals surface area contributed by atoms with Crippen LogP contribution in [-0.4, -0.2) is 23.5 Å². The Kier molecular flexibility index (Phi) is 7.51. The number of nitrogens with one attached hydrogen (secondary N) is 3. The van der Waals surface area contributed by atoms with Crippen LogP contribution in [0.25, 0.3) is 0 Å². The topological polar surface area (TPSA) is 70.2 Å². The molecule has 6 heteroatoms. The van der Waals surface area contributed by atoms with Crippen molar-refractivity contribution in [2.24, 2.45) is 0 Å². The minimum Gasteiger partial charge on any atom is -0.349 e. The van der Waals surface area contributed by atoms with Crippen LogP contribution in [0.3, 0.4) is 0 Å². The van der Waals surface area contributed by atoms with Crippen LogP contribution in [0.5, 0.6) is 0 Å². The molecule has 134 valence electrons. The van der Waals surface area contributed by atoms with Gasteiger partial charge in [-0.15, -0.1) is 6.58 Å². The van der Waals surface area contributed by atoms with Gasteiger partial charge in [0, 0.05) is 13.0 Å². The molecule has 0 spiro atoms. The highest BCUT2D eigenvalue weighted by atomic mass is 32.1. The van der Waals surface area contributed by atoms with E-state index in [9.17, 15) is 9.59 Å². The van der Waals surface area contributed by atoms with Gasteiger partial charge in [0.05, 0.1) is 11.3 Å². The normalized spacial score (nSPS) is 9.85. The van der Waals surface area contributed by atoms with Gasteiger partial charge in [-0.25, -0.2) is 0 Å². The second-order valence-corrected chi connectivity index (χ2v) is 5.94. The first-order chi connectivity index (χ1) is 12.6. The molecule has 0 heterocycles. The van der Waals surface area contributed by atoms with Crippen LogP contribution in [0.4, 0.5) is 5.69 Å². The van der Waals surface area contributed by atoms with E-state index in [0.717, 1.165) is 5.56 Å². The highest BCUT2D eigenvalue weighted by Crippen LogP contribution is 2.14. The van der Waals surface area contributed by atoms with Crippen LogP contribution >= 0.6 is 12.2 Å². The number of para-hydroxylation sites is 1. The summed E-state index contributed by atoms with van der Waals surface area (Å²) >= 11 is 5.19. The average molecular weight is 367 g/mol. The van der Waals surface area contributed by atoms with Gasteiger partial charge < -0.3 is 16.0 Å². The van der Waals surface area contributed by atoms with E-state index < -0.39 is 0 Å². The van der Waals surface area contributed by atoms with E-state index in [1.54, 1.807) is 30.3 Å². The van der Waals surface area contributed by atoms with Crippen molar-refractivity contribution in [3.05, 3.63) is 78.4 Å². The van der Waals surface area contributed by atoms with Crippen molar-refractivity contribution in [2.75, 3.05) is 11.9 Å². The molecule has 2 aromatic rings. The van der Waals surface area contributed by atoms with Crippen LogP contribution in [-0.2, 0) is 11.2 Å². The Morgan fingerprint density at radius 2 is 1.73 bits per heavy atom. The first-order valence-corrected chi connectivity index (χ1v) is 8.64. The molecule has 0 aromatic heterocycles. The molecule has 2 aromatic carbocycles. The lowest BCUT2D eigenvalue weighted by Gasteiger charge is -2.13. The monoisotopic (exact) mass is 367 g/mol. The van der Waals surface area contributed by atoms with Gasteiger partial charge in [0.15, 0.2) is 5.11 Å². The zero-order valence-corrected chi connectivity index (χ0v) is 15.1. The van der Waals surface area contributed by atoms with Gasteiger partial charge in [-0.05, 0) is 36.3 Å². The quantitative estimate of drug-likeness (QED) is 0.520. The summed E-state index contributed by atoms with van der Waals surface area (Å²) < 4.78 is 0. The number of benzene rings is 2. The molecule has 5 nitrogen and oxygen atoms in total. The summed E-state index contributed by atoms with van der Waals surface area (Å²) in [5.41, 5.74) is 2.06. The molecule has 0 saturated carbocycles. The lowest BCUT2D eigenvalue weighted by Crippen LogP contribution is -2.35. The van der Waals surface area contributed by atoms with Crippen molar-refractivity contribution in [3.63, 3.8) is 0 Å². The fourth-order valence-corrected chi connectivity index (χ4v) is 2.52. The summed E-state index contributed by atoms with van der Waals surface area (Å²) in [7, 11) is 0. The number of thiocarbonyl (C=S) groups is 1. The van der Waals surface area contributed by atoms with E-state index in [1.165, 1.54) is 0 Å². The number of hydrogen-bond donors (Lipinski definition) is 3. The Morgan fingerprint density at radius 1 is 1.04 bits per heavy atom. The van der Waals surface area contributed by atoms with Crippen LogP contribution in [0, 0.1) is 0 Å². The summed E-state index contributed by atoms with van der Waals surface area (Å²) in [6, 6.07) is 16.7. The van der Waals surface area contributed by atoms with E-state index in [4.69, 9.17) is 12.2 Å². The Bertz CT molecular complexity index is 791. The SMILES string of the molecule is C=CCNC(=O)c1ccccc1NC(=S)NC(=O)CCc1ccccc1. The summed E-state index contributed by atoms with van der Waals surface area (Å²) in [5, 5.41) is 8.42. The Morgan fingerprint density at radius 3 is 2.46 bits per heavy atom. The summed E-state index contributed by atoms with van der Waals surface area (Å²) in [5.74, 6) is -0.425. The third-order valence-corrected chi connectivity index (χ3v) is 3.77. The fraction of sp³-hybridized carbons (Fsp3) is 0.150. The molecule has 2 rings (SSSR count). The molecule has 0 fully saturated rings. The molecule has 0 aliphatic heterocycles. The summed E-state index contributed by atoms with van der Waals surface area (Å²) in [6.45, 7) is 3.94. The standard InChI is InChI=1S/C20H21N3O2S/c1-2-14-21-19(25)16-10-6-7-11-17(16)22-20(26)23-18(24)13-12-15-8-4-3-5-9-15/h2-11H,1,12-14H2,(H,21,25)(H2,22,23,24,26). The third-order valence-electron chi connectivity index (χ3n) is 3.56. The Balaban J connectivity index is 1.90. The summed E-state index contributed by atoms with van der Waals surface area (Å²) in [4.78, 5) is 24.2. The number of hydrogen-bond acceptors (Lipinski definition) is 3. The maximum atomic E-state index is 12.2. The first-order valence-electron chi connectivity index (χ1n) is 8.23. The molecular formula is C20H21N3O2S. The molecule has 26 heavy (non-hydrogen) atoms. The van der Waals surface area contributed by atoms with Crippen molar-refractivity contribution < 1.29 is 9.59 Å². The van der Waals surface area contributed by atoms with Crippen molar-refractivity contribution in [3.8, 4) is 0 Å². The smallest absolute Gasteiger partial charge is 0.253 e. The number of aryl methyl sites for hydroxylation is 1. The summed E-state index contributed by atoms with van der Waals surface area (Å²) in [6.07, 6.45) is 2.56. The van der Waals surface area contributed by atoms with Crippen LogP contribution in [0.15, 0.2) is 67.3 Å². The zero-order valence-electron chi connectivity index (χ0n) is 14.3. The number of carbonyl (C=O) groups is 2. The highest BCUT2D eigenvalue weighted by Gasteiger charge is 2.12. The zero-order chi connectivity index (χ0) is 18.8. The number of amides is 2. The van der Waals surface area contributed by atoms with Crippen molar-refractivity contribution >= 4 is 34.8 Å². The lowest BCUT2D eigenvalue weighted by molar-refractivity contribution is -0.119. The molecule has 0 bridgehead atoms. The van der Waals surface area contributed by atoms with Crippen molar-refractivity contribution in [1.29, 1.82) is 0 Å². The second kappa shape index (κ2) is 10.1. The predicted octanol–water partition coefficient (Wildman–Crippen LogP) is 3.05.